The molecule has 1 atom stereocenters. The van der Waals surface area contributed by atoms with Crippen molar-refractivity contribution >= 4 is 5.95 Å². The minimum absolute atomic E-state index is 0.122. The van der Waals surface area contributed by atoms with Crippen molar-refractivity contribution in [3.8, 4) is 0 Å². The second-order valence-electron chi connectivity index (χ2n) is 3.60. The molecule has 0 fully saturated rings. The third kappa shape index (κ3) is 2.36. The maximum Gasteiger partial charge on any atom is 0.223 e. The summed E-state index contributed by atoms with van der Waals surface area (Å²) in [6.07, 6.45) is 6.23. The quantitative estimate of drug-likeness (QED) is 0.822. The summed E-state index contributed by atoms with van der Waals surface area (Å²) in [6.45, 7) is 4.04. The fourth-order valence-electron chi connectivity index (χ4n) is 1.51. The molecule has 16 heavy (non-hydrogen) atoms. The van der Waals surface area contributed by atoms with Gasteiger partial charge in [0.2, 0.25) is 5.95 Å². The summed E-state index contributed by atoms with van der Waals surface area (Å²) >= 11 is 0. The van der Waals surface area contributed by atoms with Gasteiger partial charge in [-0.1, -0.05) is 6.92 Å². The largest absolute Gasteiger partial charge is 0.347 e. The van der Waals surface area contributed by atoms with Gasteiger partial charge in [-0.25, -0.2) is 15.0 Å². The Hall–Kier alpha value is -1.91. The maximum absolute atomic E-state index is 4.31. The highest BCUT2D eigenvalue weighted by molar-refractivity contribution is 5.28. The monoisotopic (exact) mass is 217 g/mol. The normalized spacial score (nSPS) is 12.4. The molecule has 0 radical (unpaired) electrons. The second-order valence-corrected chi connectivity index (χ2v) is 3.60. The Morgan fingerprint density at radius 3 is 2.88 bits per heavy atom. The molecular weight excluding hydrogens is 202 g/mol. The van der Waals surface area contributed by atoms with Gasteiger partial charge in [0.05, 0.1) is 6.04 Å². The van der Waals surface area contributed by atoms with Gasteiger partial charge in [-0.15, -0.1) is 0 Å². The summed E-state index contributed by atoms with van der Waals surface area (Å²) < 4.78 is 0. The Morgan fingerprint density at radius 1 is 1.38 bits per heavy atom. The van der Waals surface area contributed by atoms with Gasteiger partial charge in [0.15, 0.2) is 0 Å². The number of nitrogens with one attached hydrogen (secondary N) is 2. The van der Waals surface area contributed by atoms with Crippen LogP contribution < -0.4 is 5.32 Å². The Labute approximate surface area is 94.4 Å². The zero-order chi connectivity index (χ0) is 11.4. The van der Waals surface area contributed by atoms with Gasteiger partial charge in [0.25, 0.3) is 0 Å². The van der Waals surface area contributed by atoms with Gasteiger partial charge in [-0.2, -0.15) is 0 Å². The topological polar surface area (TPSA) is 66.5 Å². The van der Waals surface area contributed by atoms with Crippen LogP contribution in [0.4, 0.5) is 5.95 Å². The smallest absolute Gasteiger partial charge is 0.223 e. The first-order valence-corrected chi connectivity index (χ1v) is 5.35. The highest BCUT2D eigenvalue weighted by Crippen LogP contribution is 2.16. The van der Waals surface area contributed by atoms with E-state index in [1.54, 1.807) is 12.4 Å². The summed E-state index contributed by atoms with van der Waals surface area (Å²) in [5.41, 5.74) is 0.951. The molecule has 5 nitrogen and oxygen atoms in total. The van der Waals surface area contributed by atoms with Crippen molar-refractivity contribution in [1.82, 2.24) is 19.9 Å². The van der Waals surface area contributed by atoms with E-state index in [1.807, 2.05) is 19.2 Å². The first-order valence-electron chi connectivity index (χ1n) is 5.35. The zero-order valence-corrected chi connectivity index (χ0v) is 9.44. The summed E-state index contributed by atoms with van der Waals surface area (Å²) in [5.74, 6) is 1.55. The average molecular weight is 217 g/mol. The average Bonchev–Trinajstić information content (AvgIpc) is 2.79. The Balaban J connectivity index is 2.13. The number of anilines is 1. The van der Waals surface area contributed by atoms with Crippen molar-refractivity contribution in [3.05, 3.63) is 36.2 Å². The molecule has 0 aliphatic carbocycles. The molecule has 0 aromatic carbocycles. The zero-order valence-electron chi connectivity index (χ0n) is 9.44. The Bertz CT molecular complexity index is 437. The third-order valence-electron chi connectivity index (χ3n) is 2.36. The molecule has 0 amide bonds. The Morgan fingerprint density at radius 2 is 2.25 bits per heavy atom. The lowest BCUT2D eigenvalue weighted by Crippen LogP contribution is -2.13. The summed E-state index contributed by atoms with van der Waals surface area (Å²) in [4.78, 5) is 15.8. The minimum Gasteiger partial charge on any atom is -0.347 e. The van der Waals surface area contributed by atoms with E-state index in [1.165, 1.54) is 0 Å². The summed E-state index contributed by atoms with van der Waals surface area (Å²) in [7, 11) is 0. The number of nitrogens with zero attached hydrogens (tertiary/aromatic N) is 3. The van der Waals surface area contributed by atoms with E-state index in [9.17, 15) is 0 Å². The van der Waals surface area contributed by atoms with Crippen molar-refractivity contribution in [3.63, 3.8) is 0 Å². The van der Waals surface area contributed by atoms with Crippen LogP contribution in [0, 0.1) is 6.92 Å². The molecule has 0 aliphatic rings. The molecule has 0 spiro atoms. The van der Waals surface area contributed by atoms with Crippen LogP contribution in [0.1, 0.15) is 30.9 Å². The van der Waals surface area contributed by atoms with Crippen LogP contribution >= 0.6 is 0 Å². The van der Waals surface area contributed by atoms with Crippen LogP contribution in [-0.4, -0.2) is 19.9 Å². The minimum atomic E-state index is 0.122. The SMILES string of the molecule is CCC(Nc1nccc(C)n1)c1ncc[nH]1. The standard InChI is InChI=1S/C11H15N5/c1-3-9(10-12-6-7-13-10)16-11-14-5-4-8(2)15-11/h4-7,9H,3H2,1-2H3,(H,12,13)(H,14,15,16). The number of hydrogen-bond acceptors (Lipinski definition) is 4. The van der Waals surface area contributed by atoms with Crippen molar-refractivity contribution < 1.29 is 0 Å². The molecule has 0 saturated heterocycles. The van der Waals surface area contributed by atoms with E-state index in [2.05, 4.69) is 32.2 Å². The highest BCUT2D eigenvalue weighted by atomic mass is 15.1. The second kappa shape index (κ2) is 4.74. The molecule has 2 aromatic heterocycles. The van der Waals surface area contributed by atoms with Gasteiger partial charge >= 0.3 is 0 Å². The molecule has 2 aromatic rings. The van der Waals surface area contributed by atoms with E-state index in [0.717, 1.165) is 17.9 Å². The van der Waals surface area contributed by atoms with Crippen molar-refractivity contribution in [1.29, 1.82) is 0 Å². The molecule has 0 aliphatic heterocycles. The lowest BCUT2D eigenvalue weighted by molar-refractivity contribution is 0.695. The molecule has 1 unspecified atom stereocenters. The maximum atomic E-state index is 4.31. The van der Waals surface area contributed by atoms with Crippen molar-refractivity contribution in [2.45, 2.75) is 26.3 Å². The lowest BCUT2D eigenvalue weighted by atomic mass is 10.2. The molecule has 0 bridgehead atoms. The van der Waals surface area contributed by atoms with Gasteiger partial charge in [0.1, 0.15) is 5.82 Å². The Kier molecular flexibility index (Phi) is 3.14. The first kappa shape index (κ1) is 10.6. The molecule has 2 heterocycles. The molecule has 5 heteroatoms. The highest BCUT2D eigenvalue weighted by Gasteiger charge is 2.12. The number of aromatic nitrogens is 4. The molecule has 84 valence electrons. The van der Waals surface area contributed by atoms with Crippen molar-refractivity contribution in [2.75, 3.05) is 5.32 Å². The summed E-state index contributed by atoms with van der Waals surface area (Å²) in [5, 5.41) is 3.26. The van der Waals surface area contributed by atoms with E-state index < -0.39 is 0 Å². The third-order valence-corrected chi connectivity index (χ3v) is 2.36. The number of hydrogen-bond donors (Lipinski definition) is 2. The van der Waals surface area contributed by atoms with E-state index in [0.29, 0.717) is 5.95 Å². The molecular formula is C11H15N5. The fourth-order valence-corrected chi connectivity index (χ4v) is 1.51. The molecule has 2 rings (SSSR count). The van der Waals surface area contributed by atoms with Crippen LogP contribution in [0.2, 0.25) is 0 Å². The fraction of sp³-hybridized carbons (Fsp3) is 0.364. The number of H-pyrrole nitrogens is 1. The molecule has 2 N–H and O–H groups in total. The number of rotatable bonds is 4. The van der Waals surface area contributed by atoms with Crippen molar-refractivity contribution in [2.24, 2.45) is 0 Å². The van der Waals surface area contributed by atoms with Crippen LogP contribution in [0.5, 0.6) is 0 Å². The van der Waals surface area contributed by atoms with Crippen LogP contribution in [0.25, 0.3) is 0 Å². The number of aryl methyl sites for hydroxylation is 1. The van der Waals surface area contributed by atoms with Gasteiger partial charge in [0, 0.05) is 24.3 Å². The summed E-state index contributed by atoms with van der Waals surface area (Å²) in [6, 6.07) is 2.00. The predicted molar refractivity (Wildman–Crippen MR) is 62.0 cm³/mol. The van der Waals surface area contributed by atoms with Gasteiger partial charge in [-0.05, 0) is 19.4 Å². The number of aromatic amines is 1. The van der Waals surface area contributed by atoms with Crippen LogP contribution in [0.3, 0.4) is 0 Å². The lowest BCUT2D eigenvalue weighted by Gasteiger charge is -2.14. The van der Waals surface area contributed by atoms with E-state index in [4.69, 9.17) is 0 Å². The number of imidazole rings is 1. The van der Waals surface area contributed by atoms with Crippen LogP contribution in [0.15, 0.2) is 24.7 Å². The van der Waals surface area contributed by atoms with E-state index >= 15 is 0 Å². The van der Waals surface area contributed by atoms with Crippen LogP contribution in [-0.2, 0) is 0 Å². The van der Waals surface area contributed by atoms with E-state index in [-0.39, 0.29) is 6.04 Å². The first-order chi connectivity index (χ1) is 7.79. The van der Waals surface area contributed by atoms with Gasteiger partial charge < -0.3 is 10.3 Å². The predicted octanol–water partition coefficient (Wildman–Crippen LogP) is 2.07. The molecule has 0 saturated carbocycles. The van der Waals surface area contributed by atoms with Gasteiger partial charge in [-0.3, -0.25) is 0 Å².